The van der Waals surface area contributed by atoms with E-state index in [4.69, 9.17) is 0 Å². The van der Waals surface area contributed by atoms with E-state index in [1.54, 1.807) is 24.3 Å². The number of amides is 1. The van der Waals surface area contributed by atoms with Gasteiger partial charge in [-0.3, -0.25) is 4.79 Å². The average molecular weight is 434 g/mol. The minimum atomic E-state index is -2.53. The molecule has 0 aliphatic heterocycles. The van der Waals surface area contributed by atoms with Gasteiger partial charge in [0.05, 0.1) is 12.2 Å². The van der Waals surface area contributed by atoms with Gasteiger partial charge in [-0.1, -0.05) is 36.0 Å². The van der Waals surface area contributed by atoms with E-state index in [2.05, 4.69) is 33.2 Å². The Morgan fingerprint density at radius 1 is 1.09 bits per heavy atom. The van der Waals surface area contributed by atoms with Gasteiger partial charge < -0.3 is 10.6 Å². The first kappa shape index (κ1) is 17.0. The monoisotopic (exact) mass is 434 g/mol. The van der Waals surface area contributed by atoms with Crippen LogP contribution < -0.4 is 10.6 Å². The highest BCUT2D eigenvalue weighted by atomic mass is 127. The molecule has 0 spiro atoms. The molecule has 116 valence electrons. The number of carbonyl (C=O) groups excluding carboxylic acids is 1. The van der Waals surface area contributed by atoms with Gasteiger partial charge in [0, 0.05) is 14.2 Å². The summed E-state index contributed by atoms with van der Waals surface area (Å²) in [5.74, 6) is -2.82. The van der Waals surface area contributed by atoms with Gasteiger partial charge in [0.15, 0.2) is 0 Å². The van der Waals surface area contributed by atoms with Crippen LogP contribution >= 0.6 is 34.4 Å². The molecular formula is C15H13F2IN2OS. The van der Waals surface area contributed by atoms with Crippen LogP contribution in [0, 0.1) is 3.57 Å². The van der Waals surface area contributed by atoms with Crippen molar-refractivity contribution in [3.63, 3.8) is 0 Å². The molecule has 22 heavy (non-hydrogen) atoms. The number of benzene rings is 2. The first-order valence-electron chi connectivity index (χ1n) is 6.38. The van der Waals surface area contributed by atoms with Crippen LogP contribution in [0.1, 0.15) is 0 Å². The van der Waals surface area contributed by atoms with Gasteiger partial charge in [-0.15, -0.1) is 0 Å². The highest BCUT2D eigenvalue weighted by Crippen LogP contribution is 2.31. The largest absolute Gasteiger partial charge is 0.375 e. The molecule has 7 heteroatoms. The van der Waals surface area contributed by atoms with Crippen molar-refractivity contribution in [2.75, 3.05) is 17.2 Å². The molecule has 0 aliphatic carbocycles. The molecule has 0 saturated carbocycles. The molecule has 2 rings (SSSR count). The normalized spacial score (nSPS) is 10.5. The lowest BCUT2D eigenvalue weighted by Gasteiger charge is -2.12. The van der Waals surface area contributed by atoms with E-state index < -0.39 is 5.76 Å². The van der Waals surface area contributed by atoms with Crippen molar-refractivity contribution in [1.82, 2.24) is 0 Å². The Morgan fingerprint density at radius 2 is 1.73 bits per heavy atom. The zero-order valence-corrected chi connectivity index (χ0v) is 14.3. The average Bonchev–Trinajstić information content (AvgIpc) is 2.48. The minimum absolute atomic E-state index is 0.0632. The predicted octanol–water partition coefficient (Wildman–Crippen LogP) is 4.66. The third-order valence-corrected chi connectivity index (χ3v) is 4.42. The SMILES string of the molecule is O=C(CNc1ccccc1I)Nc1ccccc1SC(F)F. The fourth-order valence-corrected chi connectivity index (χ4v) is 2.92. The van der Waals surface area contributed by atoms with Crippen LogP contribution in [-0.4, -0.2) is 18.2 Å². The second-order valence-electron chi connectivity index (χ2n) is 4.26. The van der Waals surface area contributed by atoms with Crippen LogP contribution in [0.15, 0.2) is 53.4 Å². The van der Waals surface area contributed by atoms with E-state index in [1.807, 2.05) is 24.3 Å². The summed E-state index contributed by atoms with van der Waals surface area (Å²) in [6.07, 6.45) is 0. The van der Waals surface area contributed by atoms with E-state index >= 15 is 0 Å². The van der Waals surface area contributed by atoms with Crippen LogP contribution in [0.5, 0.6) is 0 Å². The highest BCUT2D eigenvalue weighted by molar-refractivity contribution is 14.1. The zero-order valence-electron chi connectivity index (χ0n) is 11.4. The zero-order chi connectivity index (χ0) is 15.9. The molecule has 0 radical (unpaired) electrons. The topological polar surface area (TPSA) is 41.1 Å². The van der Waals surface area contributed by atoms with Crippen molar-refractivity contribution in [3.8, 4) is 0 Å². The van der Waals surface area contributed by atoms with E-state index in [1.165, 1.54) is 0 Å². The van der Waals surface area contributed by atoms with Crippen molar-refractivity contribution >= 4 is 51.6 Å². The molecule has 0 atom stereocenters. The van der Waals surface area contributed by atoms with Gasteiger partial charge in [-0.05, 0) is 46.9 Å². The number of anilines is 2. The molecular weight excluding hydrogens is 421 g/mol. The number of halogens is 3. The van der Waals surface area contributed by atoms with Gasteiger partial charge in [-0.25, -0.2) is 0 Å². The molecule has 3 nitrogen and oxygen atoms in total. The molecule has 0 heterocycles. The lowest BCUT2D eigenvalue weighted by atomic mass is 10.3. The first-order chi connectivity index (χ1) is 10.6. The molecule has 2 N–H and O–H groups in total. The maximum atomic E-state index is 12.5. The van der Waals surface area contributed by atoms with Crippen molar-refractivity contribution in [2.45, 2.75) is 10.7 Å². The van der Waals surface area contributed by atoms with Crippen molar-refractivity contribution < 1.29 is 13.6 Å². The van der Waals surface area contributed by atoms with Crippen molar-refractivity contribution in [1.29, 1.82) is 0 Å². The van der Waals surface area contributed by atoms with Gasteiger partial charge in [-0.2, -0.15) is 8.78 Å². The second-order valence-corrected chi connectivity index (χ2v) is 6.45. The maximum absolute atomic E-state index is 12.5. The van der Waals surface area contributed by atoms with Crippen LogP contribution in [0.2, 0.25) is 0 Å². The second kappa shape index (κ2) is 8.33. The highest BCUT2D eigenvalue weighted by Gasteiger charge is 2.11. The summed E-state index contributed by atoms with van der Waals surface area (Å²) >= 11 is 2.58. The Balaban J connectivity index is 1.96. The summed E-state index contributed by atoms with van der Waals surface area (Å²) in [7, 11) is 0. The Bertz CT molecular complexity index is 655. The molecule has 0 bridgehead atoms. The summed E-state index contributed by atoms with van der Waals surface area (Å²) in [6.45, 7) is 0.0632. The van der Waals surface area contributed by atoms with Gasteiger partial charge in [0.2, 0.25) is 5.91 Å². The number of para-hydroxylation sites is 2. The van der Waals surface area contributed by atoms with E-state index in [0.717, 1.165) is 9.26 Å². The maximum Gasteiger partial charge on any atom is 0.288 e. The number of carbonyl (C=O) groups is 1. The molecule has 0 unspecified atom stereocenters. The first-order valence-corrected chi connectivity index (χ1v) is 8.34. The van der Waals surface area contributed by atoms with Gasteiger partial charge >= 0.3 is 0 Å². The Kier molecular flexibility index (Phi) is 6.44. The number of thioether (sulfide) groups is 1. The molecule has 2 aromatic carbocycles. The lowest BCUT2D eigenvalue weighted by molar-refractivity contribution is -0.114. The van der Waals surface area contributed by atoms with Crippen LogP contribution in [-0.2, 0) is 4.79 Å². The van der Waals surface area contributed by atoms with Crippen LogP contribution in [0.4, 0.5) is 20.2 Å². The van der Waals surface area contributed by atoms with Crippen LogP contribution in [0.25, 0.3) is 0 Å². The Labute approximate surface area is 145 Å². The standard InChI is InChI=1S/C15H13F2IN2OS/c16-15(17)22-13-8-4-3-7-12(13)20-14(21)9-19-11-6-2-1-5-10(11)18/h1-8,15,19H,9H2,(H,20,21). The summed E-state index contributed by atoms with van der Waals surface area (Å²) in [5, 5.41) is 5.67. The third-order valence-electron chi connectivity index (χ3n) is 2.69. The fraction of sp³-hybridized carbons (Fsp3) is 0.133. The van der Waals surface area contributed by atoms with Crippen LogP contribution in [0.3, 0.4) is 0 Å². The quantitative estimate of drug-likeness (QED) is 0.514. The molecule has 0 aliphatic rings. The molecule has 0 saturated heterocycles. The number of rotatable bonds is 6. The molecule has 0 aromatic heterocycles. The Morgan fingerprint density at radius 3 is 2.41 bits per heavy atom. The molecule has 1 amide bonds. The predicted molar refractivity (Wildman–Crippen MR) is 94.6 cm³/mol. The summed E-state index contributed by atoms with van der Waals surface area (Å²) in [5.41, 5.74) is 1.25. The van der Waals surface area contributed by atoms with Gasteiger partial charge in [0.1, 0.15) is 0 Å². The number of nitrogens with one attached hydrogen (secondary N) is 2. The third kappa shape index (κ3) is 5.13. The Hall–Kier alpha value is -1.35. The van der Waals surface area contributed by atoms with E-state index in [-0.39, 0.29) is 12.5 Å². The lowest BCUT2D eigenvalue weighted by Crippen LogP contribution is -2.22. The number of alkyl halides is 2. The summed E-state index contributed by atoms with van der Waals surface area (Å²) in [4.78, 5) is 12.3. The summed E-state index contributed by atoms with van der Waals surface area (Å²) < 4.78 is 26.0. The molecule has 0 fully saturated rings. The summed E-state index contributed by atoms with van der Waals surface area (Å²) in [6, 6.07) is 14.1. The fourth-order valence-electron chi connectivity index (χ4n) is 1.74. The smallest absolute Gasteiger partial charge is 0.288 e. The molecule has 2 aromatic rings. The minimum Gasteiger partial charge on any atom is -0.375 e. The number of hydrogen-bond acceptors (Lipinski definition) is 3. The van der Waals surface area contributed by atoms with E-state index in [9.17, 15) is 13.6 Å². The van der Waals surface area contributed by atoms with Crippen molar-refractivity contribution in [3.05, 3.63) is 52.1 Å². The van der Waals surface area contributed by atoms with E-state index in [0.29, 0.717) is 22.3 Å². The number of hydrogen-bond donors (Lipinski definition) is 2. The van der Waals surface area contributed by atoms with Gasteiger partial charge in [0.25, 0.3) is 5.76 Å². The van der Waals surface area contributed by atoms with Crippen molar-refractivity contribution in [2.24, 2.45) is 0 Å².